The third-order valence-corrected chi connectivity index (χ3v) is 2.47. The number of aryl methyl sites for hydroxylation is 1. The van der Waals surface area contributed by atoms with Crippen molar-refractivity contribution in [2.75, 3.05) is 38.3 Å². The lowest BCUT2D eigenvalue weighted by molar-refractivity contribution is -0.127. The molecule has 0 aliphatic heterocycles. The fourth-order valence-electron chi connectivity index (χ4n) is 1.45. The molecule has 0 bridgehead atoms. The highest BCUT2D eigenvalue weighted by molar-refractivity contribution is 5.82. The minimum atomic E-state index is 0.0578. The normalized spacial score (nSPS) is 10.0. The summed E-state index contributed by atoms with van der Waals surface area (Å²) in [7, 11) is 5.35. The molecular weight excluding hydrogens is 202 g/mol. The highest BCUT2D eigenvalue weighted by atomic mass is 16.2. The van der Waals surface area contributed by atoms with E-state index in [1.165, 1.54) is 0 Å². The number of nitrogen functional groups attached to an aromatic ring is 1. The van der Waals surface area contributed by atoms with Gasteiger partial charge in [0.15, 0.2) is 0 Å². The molecule has 1 amide bonds. The van der Waals surface area contributed by atoms with Gasteiger partial charge in [0.1, 0.15) is 0 Å². The van der Waals surface area contributed by atoms with Gasteiger partial charge in [-0.3, -0.25) is 4.79 Å². The van der Waals surface area contributed by atoms with E-state index in [1.807, 2.05) is 37.1 Å². The van der Waals surface area contributed by atoms with E-state index in [1.54, 1.807) is 19.0 Å². The molecule has 0 unspecified atom stereocenters. The van der Waals surface area contributed by atoms with Crippen LogP contribution in [0.15, 0.2) is 18.2 Å². The largest absolute Gasteiger partial charge is 0.397 e. The second-order valence-corrected chi connectivity index (χ2v) is 4.21. The molecule has 0 saturated carbocycles. The molecule has 0 spiro atoms. The molecule has 0 heterocycles. The van der Waals surface area contributed by atoms with Gasteiger partial charge in [0.05, 0.1) is 17.9 Å². The molecular formula is C12H19N3O. The average Bonchev–Trinajstić information content (AvgIpc) is 2.16. The molecule has 2 N–H and O–H groups in total. The van der Waals surface area contributed by atoms with E-state index in [2.05, 4.69) is 0 Å². The third kappa shape index (κ3) is 2.89. The van der Waals surface area contributed by atoms with Gasteiger partial charge in [-0.25, -0.2) is 0 Å². The molecule has 0 fully saturated rings. The van der Waals surface area contributed by atoms with Crippen LogP contribution >= 0.6 is 0 Å². The number of amides is 1. The third-order valence-electron chi connectivity index (χ3n) is 2.47. The van der Waals surface area contributed by atoms with Crippen LogP contribution < -0.4 is 10.6 Å². The summed E-state index contributed by atoms with van der Waals surface area (Å²) >= 11 is 0. The lowest BCUT2D eigenvalue weighted by Crippen LogP contribution is -2.34. The number of nitrogens with zero attached hydrogens (tertiary/aromatic N) is 2. The summed E-state index contributed by atoms with van der Waals surface area (Å²) in [6.45, 7) is 2.32. The van der Waals surface area contributed by atoms with Crippen LogP contribution in [0, 0.1) is 6.92 Å². The number of likely N-dealkylation sites (N-methyl/N-ethyl adjacent to an activating group) is 2. The summed E-state index contributed by atoms with van der Waals surface area (Å²) < 4.78 is 0. The lowest BCUT2D eigenvalue weighted by atomic mass is 10.2. The number of hydrogen-bond acceptors (Lipinski definition) is 3. The zero-order valence-corrected chi connectivity index (χ0v) is 10.3. The molecule has 0 aliphatic rings. The van der Waals surface area contributed by atoms with Crippen LogP contribution in [0.4, 0.5) is 11.4 Å². The minimum absolute atomic E-state index is 0.0578. The number of carbonyl (C=O) groups is 1. The van der Waals surface area contributed by atoms with Gasteiger partial charge in [-0.15, -0.1) is 0 Å². The predicted molar refractivity (Wildman–Crippen MR) is 67.6 cm³/mol. The van der Waals surface area contributed by atoms with Crippen LogP contribution in [0.1, 0.15) is 5.56 Å². The van der Waals surface area contributed by atoms with Crippen molar-refractivity contribution in [1.82, 2.24) is 4.90 Å². The zero-order valence-electron chi connectivity index (χ0n) is 10.3. The molecule has 4 heteroatoms. The first-order valence-electron chi connectivity index (χ1n) is 5.19. The van der Waals surface area contributed by atoms with Gasteiger partial charge in [-0.1, -0.05) is 6.07 Å². The predicted octanol–water partition coefficient (Wildman–Crippen LogP) is 1.10. The number of benzene rings is 1. The van der Waals surface area contributed by atoms with Gasteiger partial charge < -0.3 is 15.5 Å². The molecule has 1 aromatic carbocycles. The fourth-order valence-corrected chi connectivity index (χ4v) is 1.45. The second-order valence-electron chi connectivity index (χ2n) is 4.21. The summed E-state index contributed by atoms with van der Waals surface area (Å²) in [4.78, 5) is 15.0. The first-order valence-corrected chi connectivity index (χ1v) is 5.19. The molecule has 88 valence electrons. The van der Waals surface area contributed by atoms with Crippen molar-refractivity contribution in [3.63, 3.8) is 0 Å². The second kappa shape index (κ2) is 4.88. The van der Waals surface area contributed by atoms with Crippen LogP contribution in [0.25, 0.3) is 0 Å². The minimum Gasteiger partial charge on any atom is -0.397 e. The monoisotopic (exact) mass is 221 g/mol. The van der Waals surface area contributed by atoms with Crippen LogP contribution in [0.3, 0.4) is 0 Å². The maximum Gasteiger partial charge on any atom is 0.241 e. The summed E-state index contributed by atoms with van der Waals surface area (Å²) in [6.07, 6.45) is 0. The Labute approximate surface area is 96.6 Å². The number of hydrogen-bond donors (Lipinski definition) is 1. The Morgan fingerprint density at radius 2 is 1.94 bits per heavy atom. The number of nitrogens with two attached hydrogens (primary N) is 1. The summed E-state index contributed by atoms with van der Waals surface area (Å²) in [6, 6.07) is 5.84. The first-order chi connectivity index (χ1) is 7.41. The molecule has 1 rings (SSSR count). The molecule has 0 saturated heterocycles. The van der Waals surface area contributed by atoms with Crippen molar-refractivity contribution >= 4 is 17.3 Å². The van der Waals surface area contributed by atoms with E-state index in [4.69, 9.17) is 5.73 Å². The Balaban J connectivity index is 2.80. The van der Waals surface area contributed by atoms with Gasteiger partial charge in [0.25, 0.3) is 0 Å². The maximum atomic E-state index is 11.5. The molecule has 0 aliphatic carbocycles. The van der Waals surface area contributed by atoms with E-state index < -0.39 is 0 Å². The van der Waals surface area contributed by atoms with Crippen molar-refractivity contribution in [3.8, 4) is 0 Å². The maximum absolute atomic E-state index is 11.5. The molecule has 0 aromatic heterocycles. The quantitative estimate of drug-likeness (QED) is 0.778. The molecule has 4 nitrogen and oxygen atoms in total. The van der Waals surface area contributed by atoms with E-state index >= 15 is 0 Å². The molecule has 16 heavy (non-hydrogen) atoms. The van der Waals surface area contributed by atoms with Crippen molar-refractivity contribution in [3.05, 3.63) is 23.8 Å². The van der Waals surface area contributed by atoms with Crippen molar-refractivity contribution in [2.24, 2.45) is 0 Å². The highest BCUT2D eigenvalue weighted by Gasteiger charge is 2.11. The SMILES string of the molecule is Cc1ccc(N(C)CC(=O)N(C)C)c(N)c1. The average molecular weight is 221 g/mol. The molecule has 1 aromatic rings. The van der Waals surface area contributed by atoms with Crippen LogP contribution in [0.2, 0.25) is 0 Å². The summed E-state index contributed by atoms with van der Waals surface area (Å²) in [5, 5.41) is 0. The van der Waals surface area contributed by atoms with Crippen LogP contribution in [0.5, 0.6) is 0 Å². The molecule has 0 radical (unpaired) electrons. The van der Waals surface area contributed by atoms with E-state index in [0.29, 0.717) is 12.2 Å². The van der Waals surface area contributed by atoms with Crippen molar-refractivity contribution < 1.29 is 4.79 Å². The van der Waals surface area contributed by atoms with E-state index in [9.17, 15) is 4.79 Å². The van der Waals surface area contributed by atoms with E-state index in [0.717, 1.165) is 11.3 Å². The van der Waals surface area contributed by atoms with E-state index in [-0.39, 0.29) is 5.91 Å². The van der Waals surface area contributed by atoms with Gasteiger partial charge >= 0.3 is 0 Å². The summed E-state index contributed by atoms with van der Waals surface area (Å²) in [5.41, 5.74) is 8.62. The number of rotatable bonds is 3. The highest BCUT2D eigenvalue weighted by Crippen LogP contribution is 2.22. The Kier molecular flexibility index (Phi) is 3.77. The smallest absolute Gasteiger partial charge is 0.241 e. The fraction of sp³-hybridized carbons (Fsp3) is 0.417. The summed E-state index contributed by atoms with van der Waals surface area (Å²) in [5.74, 6) is 0.0578. The lowest BCUT2D eigenvalue weighted by Gasteiger charge is -2.22. The zero-order chi connectivity index (χ0) is 12.3. The number of anilines is 2. The van der Waals surface area contributed by atoms with Crippen LogP contribution in [-0.4, -0.2) is 38.5 Å². The van der Waals surface area contributed by atoms with Gasteiger partial charge in [-0.05, 0) is 24.6 Å². The molecule has 0 atom stereocenters. The topological polar surface area (TPSA) is 49.6 Å². The van der Waals surface area contributed by atoms with Gasteiger partial charge in [0.2, 0.25) is 5.91 Å². The first kappa shape index (κ1) is 12.4. The Hall–Kier alpha value is -1.71. The standard InChI is InChI=1S/C12H19N3O/c1-9-5-6-11(10(13)7-9)15(4)8-12(16)14(2)3/h5-7H,8,13H2,1-4H3. The Morgan fingerprint density at radius 3 is 2.44 bits per heavy atom. The Bertz CT molecular complexity index is 388. The van der Waals surface area contributed by atoms with Crippen molar-refractivity contribution in [1.29, 1.82) is 0 Å². The number of carbonyl (C=O) groups excluding carboxylic acids is 1. The van der Waals surface area contributed by atoms with Crippen molar-refractivity contribution in [2.45, 2.75) is 6.92 Å². The van der Waals surface area contributed by atoms with Gasteiger partial charge in [0, 0.05) is 21.1 Å². The van der Waals surface area contributed by atoms with Gasteiger partial charge in [-0.2, -0.15) is 0 Å². The van der Waals surface area contributed by atoms with Crippen LogP contribution in [-0.2, 0) is 4.79 Å². The Morgan fingerprint density at radius 1 is 1.31 bits per heavy atom.